The van der Waals surface area contributed by atoms with Gasteiger partial charge >= 0.3 is 5.97 Å². The molecular formula is C54H75N4O20+. The molecule has 430 valence electrons. The van der Waals surface area contributed by atoms with E-state index in [1.807, 2.05) is 74.1 Å². The van der Waals surface area contributed by atoms with Crippen LogP contribution in [0, 0.1) is 0 Å². The highest BCUT2D eigenvalue weighted by Gasteiger charge is 2.52. The van der Waals surface area contributed by atoms with Gasteiger partial charge in [0.1, 0.15) is 86.5 Å². The molecule has 2 aromatic rings. The maximum Gasteiger partial charge on any atom is 0.336 e. The van der Waals surface area contributed by atoms with Crippen LogP contribution < -0.4 is 25.5 Å². The zero-order valence-electron chi connectivity index (χ0n) is 44.1. The molecule has 0 spiro atoms. The Kier molecular flexibility index (Phi) is 21.5. The van der Waals surface area contributed by atoms with Gasteiger partial charge in [-0.05, 0) is 48.7 Å². The van der Waals surface area contributed by atoms with Crippen LogP contribution in [0.1, 0.15) is 72.1 Å². The first-order valence-electron chi connectivity index (χ1n) is 26.3. The van der Waals surface area contributed by atoms with Crippen molar-refractivity contribution in [3.8, 4) is 22.5 Å². The molecule has 3 fully saturated rings. The third-order valence-electron chi connectivity index (χ3n) is 14.3. The Morgan fingerprint density at radius 3 is 1.92 bits per heavy atom. The van der Waals surface area contributed by atoms with Gasteiger partial charge in [-0.15, -0.1) is 0 Å². The van der Waals surface area contributed by atoms with Gasteiger partial charge in [0, 0.05) is 86.5 Å². The fourth-order valence-corrected chi connectivity index (χ4v) is 9.81. The van der Waals surface area contributed by atoms with Gasteiger partial charge in [0.05, 0.1) is 37.6 Å². The molecule has 0 bridgehead atoms. The Labute approximate surface area is 450 Å². The van der Waals surface area contributed by atoms with Gasteiger partial charge in [-0.3, -0.25) is 9.59 Å². The zero-order valence-corrected chi connectivity index (χ0v) is 44.1. The van der Waals surface area contributed by atoms with E-state index in [0.29, 0.717) is 46.3 Å². The molecule has 24 heteroatoms. The molecule has 78 heavy (non-hydrogen) atoms. The van der Waals surface area contributed by atoms with Crippen LogP contribution >= 0.6 is 0 Å². The molecule has 0 radical (unpaired) electrons. The summed E-state index contributed by atoms with van der Waals surface area (Å²) in [6.07, 6.45) is -16.6. The summed E-state index contributed by atoms with van der Waals surface area (Å²) in [6.45, 7) is -1.67. The number of carbonyl (C=O) groups excluding carboxylic acids is 2. The average Bonchev–Trinajstić information content (AvgIpc) is 3.43. The number of fused-ring (bicyclic) bond motifs is 2. The second kappa shape index (κ2) is 27.8. The summed E-state index contributed by atoms with van der Waals surface area (Å²) in [7, 11) is 7.68. The number of carbonyl (C=O) groups is 3. The Balaban J connectivity index is 0.794. The molecule has 2 aromatic carbocycles. The van der Waals surface area contributed by atoms with Gasteiger partial charge in [0.25, 0.3) is 5.91 Å². The van der Waals surface area contributed by atoms with Gasteiger partial charge in [0.15, 0.2) is 18.9 Å². The molecule has 7 rings (SSSR count). The van der Waals surface area contributed by atoms with Crippen LogP contribution in [0.4, 0.5) is 5.69 Å². The molecule has 0 aromatic heterocycles. The van der Waals surface area contributed by atoms with Crippen molar-refractivity contribution >= 4 is 34.4 Å². The standard InChI is InChI=1S/C54H74N4O20/c1-57(2)29-13-16-32-37(22-29)73-38-23-30(58(3)4)14-17-33(38)43(32)31-15-12-28(21-34(31)51(70)71)50(69)56-19-18-55-42(64)11-9-7-5-6-8-10-20-72-53-46(67)44(65)49(40(26-60)75-53)78-54-47(68)45(66)48(41(27-61)76-54)77-52-36(63)24-35(62)39(25-59)74-52/h12-17,21-23,35-36,39-41,44-49,52-54,59-63,65-68H,5-11,18-20,24-27H2,1-4H3,(H2-,55,56,64,69,70,71)/p+1/t35-,36-,39-,40-,41-,44-,45-,46-,47-,48+,49-,52-,53-,54+/m1/s1. The van der Waals surface area contributed by atoms with Gasteiger partial charge in [-0.1, -0.05) is 31.7 Å². The fraction of sp³-hybridized carbons (Fsp3) is 0.593. The number of carboxylic acids is 1. The third kappa shape index (κ3) is 14.4. The smallest absolute Gasteiger partial charge is 0.336 e. The van der Waals surface area contributed by atoms with E-state index >= 15 is 0 Å². The van der Waals surface area contributed by atoms with E-state index in [1.54, 1.807) is 12.1 Å². The Morgan fingerprint density at radius 2 is 1.27 bits per heavy atom. The number of aliphatic hydroxyl groups excluding tert-OH is 9. The summed E-state index contributed by atoms with van der Waals surface area (Å²) in [5.74, 6) is -1.30. The van der Waals surface area contributed by atoms with Gasteiger partial charge in [-0.2, -0.15) is 0 Å². The van der Waals surface area contributed by atoms with Crippen molar-refractivity contribution in [3.05, 3.63) is 71.1 Å². The van der Waals surface area contributed by atoms with Crippen LogP contribution in [0.5, 0.6) is 0 Å². The highest BCUT2D eigenvalue weighted by molar-refractivity contribution is 6.09. The van der Waals surface area contributed by atoms with E-state index in [9.17, 15) is 65.4 Å². The summed E-state index contributed by atoms with van der Waals surface area (Å²) < 4.78 is 42.2. The van der Waals surface area contributed by atoms with Crippen LogP contribution in [-0.4, -0.2) is 223 Å². The average molecular weight is 1100 g/mol. The predicted molar refractivity (Wildman–Crippen MR) is 278 cm³/mol. The minimum atomic E-state index is -1.88. The molecule has 14 atom stereocenters. The number of nitrogens with one attached hydrogen (secondary N) is 2. The van der Waals surface area contributed by atoms with Crippen LogP contribution in [0.15, 0.2) is 59.0 Å². The quantitative estimate of drug-likeness (QED) is 0.0229. The van der Waals surface area contributed by atoms with Crippen LogP contribution in [-0.2, 0) is 33.2 Å². The molecular weight excluding hydrogens is 1020 g/mol. The summed E-state index contributed by atoms with van der Waals surface area (Å²) >= 11 is 0. The minimum absolute atomic E-state index is 0.0566. The van der Waals surface area contributed by atoms with Crippen molar-refractivity contribution in [2.75, 3.05) is 72.6 Å². The zero-order chi connectivity index (χ0) is 56.4. The number of anilines is 1. The van der Waals surface area contributed by atoms with E-state index < -0.39 is 118 Å². The number of amides is 2. The summed E-state index contributed by atoms with van der Waals surface area (Å²) in [5, 5.41) is 112. The van der Waals surface area contributed by atoms with Crippen molar-refractivity contribution in [3.63, 3.8) is 0 Å². The fourth-order valence-electron chi connectivity index (χ4n) is 9.81. The van der Waals surface area contributed by atoms with E-state index in [4.69, 9.17) is 32.8 Å². The lowest BCUT2D eigenvalue weighted by Crippen LogP contribution is -2.65. The van der Waals surface area contributed by atoms with Gasteiger partial charge < -0.3 is 99.4 Å². The number of carboxylic acid groups (broad SMARTS) is 1. The number of aromatic carboxylic acids is 1. The number of ether oxygens (including phenoxy) is 6. The molecule has 4 aliphatic heterocycles. The predicted octanol–water partition coefficient (Wildman–Crippen LogP) is -0.929. The number of aliphatic hydroxyl groups is 9. The maximum absolute atomic E-state index is 13.3. The number of unbranched alkanes of at least 4 members (excludes halogenated alkanes) is 5. The summed E-state index contributed by atoms with van der Waals surface area (Å²) in [6, 6.07) is 16.1. The number of rotatable bonds is 24. The van der Waals surface area contributed by atoms with Crippen LogP contribution in [0.25, 0.3) is 33.4 Å². The van der Waals surface area contributed by atoms with E-state index in [-0.39, 0.29) is 49.6 Å². The first-order valence-corrected chi connectivity index (χ1v) is 26.3. The van der Waals surface area contributed by atoms with Gasteiger partial charge in [-0.25, -0.2) is 9.37 Å². The highest BCUT2D eigenvalue weighted by atomic mass is 16.8. The Bertz CT molecular complexity index is 2680. The van der Waals surface area contributed by atoms with E-state index in [2.05, 4.69) is 10.6 Å². The highest BCUT2D eigenvalue weighted by Crippen LogP contribution is 2.42. The van der Waals surface area contributed by atoms with Crippen LogP contribution in [0.2, 0.25) is 0 Å². The second-order valence-electron chi connectivity index (χ2n) is 20.3. The van der Waals surface area contributed by atoms with Crippen molar-refractivity contribution < 1.29 is 98.3 Å². The van der Waals surface area contributed by atoms with Crippen LogP contribution in [0.3, 0.4) is 0 Å². The topological polar surface area (TPSA) is 352 Å². The monoisotopic (exact) mass is 1100 g/mol. The first-order chi connectivity index (χ1) is 37.3. The molecule has 0 unspecified atom stereocenters. The summed E-state index contributed by atoms with van der Waals surface area (Å²) in [5.41, 5.74) is 3.37. The van der Waals surface area contributed by atoms with Gasteiger partial charge in [0.2, 0.25) is 11.3 Å². The molecule has 3 saturated heterocycles. The Hall–Kier alpha value is -5.26. The first kappa shape index (κ1) is 60.4. The van der Waals surface area contributed by atoms with E-state index in [1.165, 1.54) is 6.07 Å². The second-order valence-corrected chi connectivity index (χ2v) is 20.3. The lowest BCUT2D eigenvalue weighted by atomic mass is 9.89. The number of benzene rings is 3. The number of hydrogen-bond donors (Lipinski definition) is 12. The largest absolute Gasteiger partial charge is 0.478 e. The lowest BCUT2D eigenvalue weighted by molar-refractivity contribution is -0.375. The summed E-state index contributed by atoms with van der Waals surface area (Å²) in [4.78, 5) is 40.6. The minimum Gasteiger partial charge on any atom is -0.478 e. The number of nitrogens with zero attached hydrogens (tertiary/aromatic N) is 2. The lowest BCUT2D eigenvalue weighted by Gasteiger charge is -2.47. The third-order valence-corrected chi connectivity index (χ3v) is 14.3. The molecule has 1 aliphatic carbocycles. The molecule has 4 heterocycles. The maximum atomic E-state index is 13.3. The molecule has 2 amide bonds. The SMILES string of the molecule is CN(C)c1ccc2c(-c3ccc(C(=O)NCCNC(=O)CCCCCCCCO[C@@H]4O[C@H](CO)[C@@H](O[C@@H]5O[C@H](CO)[C@H](O[C@H]6O[C@H](CO)[C@H](O)C[C@H]6O)[C@H](O)[C@H]5O)[C@H](O)[C@H]4O)cc3C(=O)O)c3ccc(=[N+](C)C)cc-3oc2c1. The molecule has 12 N–H and O–H groups in total. The number of hydrogen-bond acceptors (Lipinski definition) is 20. The molecule has 5 aliphatic rings. The normalized spacial score (nSPS) is 28.4. The Morgan fingerprint density at radius 1 is 0.667 bits per heavy atom. The van der Waals surface area contributed by atoms with E-state index in [0.717, 1.165) is 36.7 Å². The van der Waals surface area contributed by atoms with Crippen molar-refractivity contribution in [2.24, 2.45) is 0 Å². The molecule has 24 nitrogen and oxygen atoms in total. The van der Waals surface area contributed by atoms with Crippen molar-refractivity contribution in [1.82, 2.24) is 15.2 Å². The van der Waals surface area contributed by atoms with Crippen molar-refractivity contribution in [2.45, 2.75) is 137 Å². The molecule has 0 saturated carbocycles. The van der Waals surface area contributed by atoms with Crippen molar-refractivity contribution in [1.29, 1.82) is 0 Å².